The van der Waals surface area contributed by atoms with Crippen LogP contribution in [0.2, 0.25) is 0 Å². The zero-order valence-corrected chi connectivity index (χ0v) is 13.9. The standard InChI is InChI=1S/C17H23N3O3/c1-11(2)13(14(21)17(3,4)5)20-16(23)19(15(22)18-20)12-9-7-6-8-10-12/h6-10,13-14,21H,1H2,2-5H3,(H,18,22)/t13-,14+/m1/s1. The van der Waals surface area contributed by atoms with Gasteiger partial charge in [-0.3, -0.25) is 0 Å². The number of aliphatic hydroxyl groups excluding tert-OH is 1. The van der Waals surface area contributed by atoms with Crippen LogP contribution in [-0.4, -0.2) is 25.6 Å². The molecule has 0 aliphatic rings. The van der Waals surface area contributed by atoms with Gasteiger partial charge in [-0.25, -0.2) is 23.9 Å². The van der Waals surface area contributed by atoms with Crippen LogP contribution < -0.4 is 11.4 Å². The maximum Gasteiger partial charge on any atom is 0.352 e. The van der Waals surface area contributed by atoms with Crippen molar-refractivity contribution < 1.29 is 5.11 Å². The van der Waals surface area contributed by atoms with Crippen molar-refractivity contribution >= 4 is 0 Å². The lowest BCUT2D eigenvalue weighted by molar-refractivity contribution is 0.0237. The van der Waals surface area contributed by atoms with Crippen molar-refractivity contribution in [1.29, 1.82) is 0 Å². The molecule has 0 aliphatic heterocycles. The molecule has 0 saturated carbocycles. The molecule has 0 aliphatic carbocycles. The number of H-pyrrole nitrogens is 1. The van der Waals surface area contributed by atoms with Crippen LogP contribution in [0.25, 0.3) is 5.69 Å². The van der Waals surface area contributed by atoms with E-state index in [-0.39, 0.29) is 0 Å². The minimum Gasteiger partial charge on any atom is -0.390 e. The van der Waals surface area contributed by atoms with Crippen LogP contribution >= 0.6 is 0 Å². The van der Waals surface area contributed by atoms with Crippen molar-refractivity contribution in [2.45, 2.75) is 39.8 Å². The number of hydrogen-bond donors (Lipinski definition) is 2. The van der Waals surface area contributed by atoms with Crippen molar-refractivity contribution in [3.05, 3.63) is 63.5 Å². The van der Waals surface area contributed by atoms with Crippen LogP contribution in [0.3, 0.4) is 0 Å². The third-order valence-corrected chi connectivity index (χ3v) is 3.80. The maximum atomic E-state index is 12.7. The number of para-hydroxylation sites is 1. The number of nitrogens with zero attached hydrogens (tertiary/aromatic N) is 2. The van der Waals surface area contributed by atoms with Gasteiger partial charge in [0.05, 0.1) is 11.8 Å². The van der Waals surface area contributed by atoms with E-state index in [9.17, 15) is 14.7 Å². The predicted molar refractivity (Wildman–Crippen MR) is 90.0 cm³/mol. The Balaban J connectivity index is 2.63. The van der Waals surface area contributed by atoms with Crippen molar-refractivity contribution in [1.82, 2.24) is 14.3 Å². The summed E-state index contributed by atoms with van der Waals surface area (Å²) in [6, 6.07) is 7.95. The van der Waals surface area contributed by atoms with Gasteiger partial charge in [0.1, 0.15) is 6.04 Å². The first kappa shape index (κ1) is 17.0. The molecule has 2 N–H and O–H groups in total. The average molecular weight is 317 g/mol. The first-order valence-corrected chi connectivity index (χ1v) is 7.47. The van der Waals surface area contributed by atoms with Gasteiger partial charge >= 0.3 is 11.4 Å². The second-order valence-electron chi connectivity index (χ2n) is 6.84. The van der Waals surface area contributed by atoms with Crippen LogP contribution in [0.4, 0.5) is 0 Å². The molecule has 0 bridgehead atoms. The molecule has 2 atom stereocenters. The normalized spacial score (nSPS) is 14.5. The average Bonchev–Trinajstić information content (AvgIpc) is 2.74. The van der Waals surface area contributed by atoms with E-state index in [0.29, 0.717) is 11.3 Å². The summed E-state index contributed by atoms with van der Waals surface area (Å²) in [5, 5.41) is 13.1. The van der Waals surface area contributed by atoms with Crippen LogP contribution in [-0.2, 0) is 0 Å². The molecule has 2 rings (SSSR count). The lowest BCUT2D eigenvalue weighted by Gasteiger charge is -2.33. The number of aromatic amines is 1. The molecule has 0 fully saturated rings. The molecule has 6 heteroatoms. The molecule has 1 aromatic carbocycles. The van der Waals surface area contributed by atoms with E-state index in [1.54, 1.807) is 37.3 Å². The SMILES string of the molecule is C=C(C)[C@H]([C@H](O)C(C)(C)C)n1[nH]c(=O)n(-c2ccccc2)c1=O. The Labute approximate surface area is 134 Å². The molecule has 1 aromatic heterocycles. The van der Waals surface area contributed by atoms with Crippen LogP contribution in [0.5, 0.6) is 0 Å². The molecule has 124 valence electrons. The van der Waals surface area contributed by atoms with Crippen LogP contribution in [0, 0.1) is 5.41 Å². The van der Waals surface area contributed by atoms with Gasteiger partial charge in [0.15, 0.2) is 0 Å². The Bertz CT molecular complexity index is 806. The van der Waals surface area contributed by atoms with Crippen molar-refractivity contribution in [2.24, 2.45) is 5.41 Å². The summed E-state index contributed by atoms with van der Waals surface area (Å²) in [5.41, 5.74) is -0.486. The summed E-state index contributed by atoms with van der Waals surface area (Å²) < 4.78 is 2.21. The highest BCUT2D eigenvalue weighted by atomic mass is 16.3. The van der Waals surface area contributed by atoms with Crippen molar-refractivity contribution in [2.75, 3.05) is 0 Å². The summed E-state index contributed by atoms with van der Waals surface area (Å²) >= 11 is 0. The number of nitrogens with one attached hydrogen (secondary N) is 1. The Kier molecular flexibility index (Phi) is 4.47. The minimum absolute atomic E-state index is 0.475. The topological polar surface area (TPSA) is 80.0 Å². The van der Waals surface area contributed by atoms with Gasteiger partial charge in [-0.1, -0.05) is 51.1 Å². The molecule has 0 unspecified atom stereocenters. The number of aromatic nitrogens is 3. The fraction of sp³-hybridized carbons (Fsp3) is 0.412. The van der Waals surface area contributed by atoms with Gasteiger partial charge in [0, 0.05) is 0 Å². The molecule has 1 heterocycles. The van der Waals surface area contributed by atoms with E-state index in [2.05, 4.69) is 11.7 Å². The third-order valence-electron chi connectivity index (χ3n) is 3.80. The summed E-state index contributed by atoms with van der Waals surface area (Å²) in [4.78, 5) is 24.9. The molecular formula is C17H23N3O3. The van der Waals surface area contributed by atoms with Gasteiger partial charge in [0.2, 0.25) is 0 Å². The third kappa shape index (κ3) is 3.22. The summed E-state index contributed by atoms with van der Waals surface area (Å²) in [6.07, 6.45) is -0.875. The molecule has 23 heavy (non-hydrogen) atoms. The van der Waals surface area contributed by atoms with E-state index in [1.165, 1.54) is 0 Å². The Hall–Kier alpha value is -2.34. The Morgan fingerprint density at radius 2 is 1.78 bits per heavy atom. The first-order valence-electron chi connectivity index (χ1n) is 7.47. The fourth-order valence-electron chi connectivity index (χ4n) is 2.49. The second-order valence-corrected chi connectivity index (χ2v) is 6.84. The molecule has 6 nitrogen and oxygen atoms in total. The molecule has 0 amide bonds. The lowest BCUT2D eigenvalue weighted by Crippen LogP contribution is -2.40. The molecule has 0 spiro atoms. The van der Waals surface area contributed by atoms with E-state index in [1.807, 2.05) is 20.8 Å². The smallest absolute Gasteiger partial charge is 0.352 e. The zero-order valence-electron chi connectivity index (χ0n) is 13.9. The Morgan fingerprint density at radius 1 is 1.22 bits per heavy atom. The quantitative estimate of drug-likeness (QED) is 0.845. The second kappa shape index (κ2) is 6.04. The van der Waals surface area contributed by atoms with Crippen LogP contribution in [0.1, 0.15) is 33.7 Å². The van der Waals surface area contributed by atoms with Crippen molar-refractivity contribution in [3.8, 4) is 5.69 Å². The van der Waals surface area contributed by atoms with E-state index in [4.69, 9.17) is 0 Å². The highest BCUT2D eigenvalue weighted by molar-refractivity contribution is 5.30. The molecule has 0 saturated heterocycles. The van der Waals surface area contributed by atoms with Gasteiger partial charge in [-0.2, -0.15) is 0 Å². The minimum atomic E-state index is -0.875. The van der Waals surface area contributed by atoms with E-state index >= 15 is 0 Å². The Morgan fingerprint density at radius 3 is 2.26 bits per heavy atom. The monoisotopic (exact) mass is 317 g/mol. The fourth-order valence-corrected chi connectivity index (χ4v) is 2.49. The first-order chi connectivity index (χ1) is 10.6. The number of rotatable bonds is 4. The van der Waals surface area contributed by atoms with Gasteiger partial charge < -0.3 is 5.11 Å². The number of hydrogen-bond acceptors (Lipinski definition) is 3. The van der Waals surface area contributed by atoms with E-state index in [0.717, 1.165) is 9.25 Å². The molecule has 2 aromatic rings. The summed E-state index contributed by atoms with van der Waals surface area (Å²) in [6.45, 7) is 11.2. The van der Waals surface area contributed by atoms with Gasteiger partial charge in [0.25, 0.3) is 0 Å². The highest BCUT2D eigenvalue weighted by Crippen LogP contribution is 2.30. The van der Waals surface area contributed by atoms with Crippen molar-refractivity contribution in [3.63, 3.8) is 0 Å². The summed E-state index contributed by atoms with van der Waals surface area (Å²) in [5.74, 6) is 0. The number of aliphatic hydroxyl groups is 1. The van der Waals surface area contributed by atoms with Crippen LogP contribution in [0.15, 0.2) is 52.1 Å². The number of benzene rings is 1. The molecule has 0 radical (unpaired) electrons. The predicted octanol–water partition coefficient (Wildman–Crippen LogP) is 1.85. The largest absolute Gasteiger partial charge is 0.390 e. The maximum absolute atomic E-state index is 12.7. The van der Waals surface area contributed by atoms with E-state index < -0.39 is 28.9 Å². The zero-order chi connectivity index (χ0) is 17.4. The highest BCUT2D eigenvalue weighted by Gasteiger charge is 2.34. The molecular weight excluding hydrogens is 294 g/mol. The summed E-state index contributed by atoms with van der Waals surface area (Å²) in [7, 11) is 0. The lowest BCUT2D eigenvalue weighted by atomic mass is 9.82. The van der Waals surface area contributed by atoms with Gasteiger partial charge in [-0.05, 0) is 24.5 Å². The van der Waals surface area contributed by atoms with Gasteiger partial charge in [-0.15, -0.1) is 0 Å².